The number of aromatic amines is 1. The highest BCUT2D eigenvalue weighted by atomic mass is 16.2. The first-order valence-electron chi connectivity index (χ1n) is 7.49. The van der Waals surface area contributed by atoms with Crippen LogP contribution in [0, 0.1) is 12.8 Å². The van der Waals surface area contributed by atoms with Crippen LogP contribution < -0.4 is 0 Å². The highest BCUT2D eigenvalue weighted by Crippen LogP contribution is 2.34. The van der Waals surface area contributed by atoms with Crippen molar-refractivity contribution in [1.29, 1.82) is 0 Å². The van der Waals surface area contributed by atoms with Crippen molar-refractivity contribution in [2.24, 2.45) is 5.92 Å². The van der Waals surface area contributed by atoms with Gasteiger partial charge in [0.15, 0.2) is 5.82 Å². The molecule has 2 amide bonds. The lowest BCUT2D eigenvalue weighted by molar-refractivity contribution is -0.144. The molecule has 7 heteroatoms. The number of likely N-dealkylation sites (tertiary alicyclic amines) is 1. The maximum Gasteiger partial charge on any atom is 0.245 e. The van der Waals surface area contributed by atoms with Gasteiger partial charge in [0.2, 0.25) is 11.8 Å². The van der Waals surface area contributed by atoms with Gasteiger partial charge in [-0.1, -0.05) is 0 Å². The molecule has 1 aromatic heterocycles. The largest absolute Gasteiger partial charge is 0.336 e. The normalized spacial score (nSPS) is 21.6. The van der Waals surface area contributed by atoms with E-state index in [1.165, 1.54) is 0 Å². The first-order valence-corrected chi connectivity index (χ1v) is 7.49. The zero-order valence-corrected chi connectivity index (χ0v) is 12.5. The third-order valence-corrected chi connectivity index (χ3v) is 4.15. The number of likely N-dealkylation sites (N-methyl/N-ethyl adjacent to an activating group) is 1. The van der Waals surface area contributed by atoms with E-state index in [4.69, 9.17) is 0 Å². The monoisotopic (exact) mass is 291 g/mol. The third kappa shape index (κ3) is 2.91. The summed E-state index contributed by atoms with van der Waals surface area (Å²) in [5.74, 6) is 1.65. The summed E-state index contributed by atoms with van der Waals surface area (Å²) in [4.78, 5) is 32.4. The van der Waals surface area contributed by atoms with E-state index in [1.54, 1.807) is 16.8 Å². The minimum absolute atomic E-state index is 0.0102. The molecule has 1 atom stereocenters. The number of nitrogens with one attached hydrogen (secondary N) is 1. The summed E-state index contributed by atoms with van der Waals surface area (Å²) in [5.41, 5.74) is 0. The van der Waals surface area contributed by atoms with Crippen LogP contribution in [-0.4, -0.2) is 56.4 Å². The first kappa shape index (κ1) is 14.0. The van der Waals surface area contributed by atoms with Gasteiger partial charge in [-0.25, -0.2) is 4.98 Å². The molecule has 0 aromatic carbocycles. The van der Waals surface area contributed by atoms with Gasteiger partial charge < -0.3 is 9.80 Å². The molecule has 0 radical (unpaired) electrons. The molecule has 1 saturated carbocycles. The van der Waals surface area contributed by atoms with E-state index < -0.39 is 0 Å². The zero-order chi connectivity index (χ0) is 15.0. The summed E-state index contributed by atoms with van der Waals surface area (Å²) in [6, 6.07) is -0.303. The summed E-state index contributed by atoms with van der Waals surface area (Å²) in [6.07, 6.45) is 3.61. The minimum Gasteiger partial charge on any atom is -0.336 e. The second kappa shape index (κ2) is 5.46. The standard InChI is InChI=1S/C14H21N5O2/c1-9-15-12(17-16-9)8-18(2)14(21)11-4-3-7-19(11)13(20)10-5-6-10/h10-11H,3-8H2,1-2H3,(H,15,16,17). The molecule has 2 heterocycles. The van der Waals surface area contributed by atoms with Crippen molar-refractivity contribution >= 4 is 11.8 Å². The zero-order valence-electron chi connectivity index (χ0n) is 12.5. The summed E-state index contributed by atoms with van der Waals surface area (Å²) >= 11 is 0. The van der Waals surface area contributed by atoms with E-state index in [-0.39, 0.29) is 23.8 Å². The van der Waals surface area contributed by atoms with Gasteiger partial charge in [0.05, 0.1) is 6.54 Å². The van der Waals surface area contributed by atoms with Crippen molar-refractivity contribution in [2.75, 3.05) is 13.6 Å². The van der Waals surface area contributed by atoms with Gasteiger partial charge >= 0.3 is 0 Å². The number of nitrogens with zero attached hydrogens (tertiary/aromatic N) is 4. The molecule has 114 valence electrons. The Morgan fingerprint density at radius 2 is 2.14 bits per heavy atom. The molecule has 1 aliphatic heterocycles. The van der Waals surface area contributed by atoms with Crippen molar-refractivity contribution in [3.05, 3.63) is 11.6 Å². The highest BCUT2D eigenvalue weighted by molar-refractivity contribution is 5.89. The Morgan fingerprint density at radius 1 is 1.38 bits per heavy atom. The van der Waals surface area contributed by atoms with Gasteiger partial charge in [-0.3, -0.25) is 14.7 Å². The smallest absolute Gasteiger partial charge is 0.245 e. The number of hydrogen-bond donors (Lipinski definition) is 1. The quantitative estimate of drug-likeness (QED) is 0.874. The van der Waals surface area contributed by atoms with Gasteiger partial charge in [0.25, 0.3) is 0 Å². The highest BCUT2D eigenvalue weighted by Gasteiger charge is 2.41. The lowest BCUT2D eigenvalue weighted by atomic mass is 10.2. The Bertz CT molecular complexity index is 551. The fraction of sp³-hybridized carbons (Fsp3) is 0.714. The van der Waals surface area contributed by atoms with Crippen molar-refractivity contribution < 1.29 is 9.59 Å². The molecule has 2 aliphatic rings. The summed E-state index contributed by atoms with van der Waals surface area (Å²) in [6.45, 7) is 2.90. The number of amides is 2. The number of carbonyl (C=O) groups excluding carboxylic acids is 2. The molecular formula is C14H21N5O2. The summed E-state index contributed by atoms with van der Waals surface area (Å²) in [5, 5.41) is 6.82. The van der Waals surface area contributed by atoms with E-state index >= 15 is 0 Å². The van der Waals surface area contributed by atoms with Gasteiger partial charge in [-0.05, 0) is 32.6 Å². The van der Waals surface area contributed by atoms with Gasteiger partial charge in [-0.2, -0.15) is 5.10 Å². The van der Waals surface area contributed by atoms with Crippen molar-refractivity contribution in [3.8, 4) is 0 Å². The Balaban J connectivity index is 1.64. The van der Waals surface area contributed by atoms with Crippen LogP contribution in [0.1, 0.15) is 37.3 Å². The number of hydrogen-bond acceptors (Lipinski definition) is 4. The topological polar surface area (TPSA) is 82.2 Å². The van der Waals surface area contributed by atoms with Crippen LogP contribution in [0.2, 0.25) is 0 Å². The van der Waals surface area contributed by atoms with E-state index in [9.17, 15) is 9.59 Å². The molecule has 1 N–H and O–H groups in total. The maximum absolute atomic E-state index is 12.6. The van der Waals surface area contributed by atoms with Gasteiger partial charge in [0, 0.05) is 19.5 Å². The van der Waals surface area contributed by atoms with E-state index in [0.29, 0.717) is 18.9 Å². The second-order valence-electron chi connectivity index (χ2n) is 6.00. The predicted octanol–water partition coefficient (Wildman–Crippen LogP) is 0.473. The molecular weight excluding hydrogens is 270 g/mol. The first-order chi connectivity index (χ1) is 10.1. The molecule has 1 aliphatic carbocycles. The lowest BCUT2D eigenvalue weighted by Gasteiger charge is -2.27. The van der Waals surface area contributed by atoms with Crippen molar-refractivity contribution in [2.45, 2.75) is 45.2 Å². The summed E-state index contributed by atoms with van der Waals surface area (Å²) < 4.78 is 0. The maximum atomic E-state index is 12.6. The number of aryl methyl sites for hydroxylation is 1. The van der Waals surface area contributed by atoms with E-state index in [0.717, 1.165) is 31.5 Å². The Morgan fingerprint density at radius 3 is 2.76 bits per heavy atom. The third-order valence-electron chi connectivity index (χ3n) is 4.15. The summed E-state index contributed by atoms with van der Waals surface area (Å²) in [7, 11) is 1.74. The number of rotatable bonds is 4. The molecule has 2 fully saturated rings. The fourth-order valence-corrected chi connectivity index (χ4v) is 2.86. The SMILES string of the molecule is Cc1nc(CN(C)C(=O)C2CCCN2C(=O)C2CC2)n[nH]1. The van der Waals surface area contributed by atoms with E-state index in [1.807, 2.05) is 6.92 Å². The van der Waals surface area contributed by atoms with Crippen LogP contribution in [-0.2, 0) is 16.1 Å². The number of aromatic nitrogens is 3. The molecule has 7 nitrogen and oxygen atoms in total. The van der Waals surface area contributed by atoms with Crippen LogP contribution >= 0.6 is 0 Å². The minimum atomic E-state index is -0.303. The molecule has 21 heavy (non-hydrogen) atoms. The number of H-pyrrole nitrogens is 1. The molecule has 3 rings (SSSR count). The molecule has 1 aromatic rings. The fourth-order valence-electron chi connectivity index (χ4n) is 2.86. The Labute approximate surface area is 123 Å². The van der Waals surface area contributed by atoms with Crippen LogP contribution in [0.3, 0.4) is 0 Å². The number of carbonyl (C=O) groups is 2. The second-order valence-corrected chi connectivity index (χ2v) is 6.00. The molecule has 1 unspecified atom stereocenters. The van der Waals surface area contributed by atoms with Crippen LogP contribution in [0.5, 0.6) is 0 Å². The predicted molar refractivity (Wildman–Crippen MR) is 75.1 cm³/mol. The average molecular weight is 291 g/mol. The van der Waals surface area contributed by atoms with Gasteiger partial charge in [-0.15, -0.1) is 0 Å². The lowest BCUT2D eigenvalue weighted by Crippen LogP contribution is -2.46. The molecule has 0 spiro atoms. The Hall–Kier alpha value is -1.92. The average Bonchev–Trinajstić information content (AvgIpc) is 3.06. The van der Waals surface area contributed by atoms with Crippen molar-refractivity contribution in [3.63, 3.8) is 0 Å². The van der Waals surface area contributed by atoms with Crippen LogP contribution in [0.4, 0.5) is 0 Å². The van der Waals surface area contributed by atoms with Gasteiger partial charge in [0.1, 0.15) is 11.9 Å². The van der Waals surface area contributed by atoms with Crippen LogP contribution in [0.15, 0.2) is 0 Å². The molecule has 1 saturated heterocycles. The van der Waals surface area contributed by atoms with E-state index in [2.05, 4.69) is 15.2 Å². The Kier molecular flexibility index (Phi) is 3.65. The van der Waals surface area contributed by atoms with Crippen LogP contribution in [0.25, 0.3) is 0 Å². The molecule has 0 bridgehead atoms. The van der Waals surface area contributed by atoms with Crippen molar-refractivity contribution in [1.82, 2.24) is 25.0 Å².